The number of anilines is 1. The van der Waals surface area contributed by atoms with E-state index >= 15 is 0 Å². The van der Waals surface area contributed by atoms with Crippen molar-refractivity contribution in [2.24, 2.45) is 0 Å². The van der Waals surface area contributed by atoms with Crippen molar-refractivity contribution in [2.45, 2.75) is 13.0 Å². The van der Waals surface area contributed by atoms with Gasteiger partial charge >= 0.3 is 5.97 Å². The van der Waals surface area contributed by atoms with Crippen molar-refractivity contribution in [3.63, 3.8) is 0 Å². The molecule has 126 valence electrons. The number of benzene rings is 1. The van der Waals surface area contributed by atoms with E-state index in [1.54, 1.807) is 0 Å². The number of carbonyl (C=O) groups excluding carboxylic acids is 1. The van der Waals surface area contributed by atoms with E-state index in [-0.39, 0.29) is 5.57 Å². The molecule has 0 aliphatic carbocycles. The molecule has 1 atom stereocenters. The van der Waals surface area contributed by atoms with Crippen molar-refractivity contribution < 1.29 is 14.7 Å². The van der Waals surface area contributed by atoms with Crippen LogP contribution in [0.15, 0.2) is 42.1 Å². The first kappa shape index (κ1) is 17.3. The first-order valence-corrected chi connectivity index (χ1v) is 7.71. The number of carboxylic acid groups (broad SMARTS) is 1. The molecular formula is C17H20N4O3. The van der Waals surface area contributed by atoms with Crippen LogP contribution in [0.2, 0.25) is 0 Å². The van der Waals surface area contributed by atoms with Gasteiger partial charge in [-0.25, -0.2) is 0 Å². The number of carboxylic acids is 1. The molecule has 0 aromatic heterocycles. The zero-order valence-electron chi connectivity index (χ0n) is 13.5. The number of para-hydroxylation sites is 1. The SMILES string of the molecule is CC(NC(=O)/C(C#N)=C\N1CCN(c2ccccc2)CC1)C(=O)O. The third-order valence-electron chi connectivity index (χ3n) is 3.83. The highest BCUT2D eigenvalue weighted by Gasteiger charge is 2.20. The third kappa shape index (κ3) is 4.49. The topological polar surface area (TPSA) is 96.7 Å². The Hall–Kier alpha value is -3.01. The summed E-state index contributed by atoms with van der Waals surface area (Å²) in [5.41, 5.74) is 1.06. The molecule has 0 bridgehead atoms. The summed E-state index contributed by atoms with van der Waals surface area (Å²) < 4.78 is 0. The van der Waals surface area contributed by atoms with Crippen LogP contribution in [0, 0.1) is 11.3 Å². The van der Waals surface area contributed by atoms with Crippen molar-refractivity contribution >= 4 is 17.6 Å². The Morgan fingerprint density at radius 3 is 2.42 bits per heavy atom. The minimum atomic E-state index is -1.14. The quantitative estimate of drug-likeness (QED) is 0.613. The summed E-state index contributed by atoms with van der Waals surface area (Å²) in [7, 11) is 0. The van der Waals surface area contributed by atoms with Crippen LogP contribution in [-0.2, 0) is 9.59 Å². The number of nitrogens with one attached hydrogen (secondary N) is 1. The van der Waals surface area contributed by atoms with Gasteiger partial charge in [-0.1, -0.05) is 18.2 Å². The van der Waals surface area contributed by atoms with Gasteiger partial charge in [0.05, 0.1) is 0 Å². The van der Waals surface area contributed by atoms with Gasteiger partial charge in [-0.05, 0) is 19.1 Å². The Labute approximate surface area is 140 Å². The van der Waals surface area contributed by atoms with Crippen molar-refractivity contribution in [1.82, 2.24) is 10.2 Å². The molecule has 1 amide bonds. The van der Waals surface area contributed by atoms with E-state index < -0.39 is 17.9 Å². The lowest BCUT2D eigenvalue weighted by atomic mass is 10.2. The zero-order chi connectivity index (χ0) is 17.5. The maximum absolute atomic E-state index is 11.9. The van der Waals surface area contributed by atoms with Crippen molar-refractivity contribution in [1.29, 1.82) is 5.26 Å². The fraction of sp³-hybridized carbons (Fsp3) is 0.353. The second-order valence-electron chi connectivity index (χ2n) is 5.55. The van der Waals surface area contributed by atoms with Gasteiger partial charge in [0.1, 0.15) is 17.7 Å². The highest BCUT2D eigenvalue weighted by Crippen LogP contribution is 2.16. The van der Waals surface area contributed by atoms with E-state index in [0.29, 0.717) is 13.1 Å². The molecule has 2 rings (SSSR count). The average Bonchev–Trinajstić information content (AvgIpc) is 2.60. The smallest absolute Gasteiger partial charge is 0.325 e. The number of hydrogen-bond acceptors (Lipinski definition) is 5. The minimum absolute atomic E-state index is 0.0868. The number of amides is 1. The Balaban J connectivity index is 1.95. The lowest BCUT2D eigenvalue weighted by Gasteiger charge is -2.35. The standard InChI is InChI=1S/C17H20N4O3/c1-13(17(23)24)19-16(22)14(11-18)12-20-7-9-21(10-8-20)15-5-3-2-4-6-15/h2-6,12-13H,7-10H2,1H3,(H,19,22)(H,23,24)/b14-12-. The molecule has 1 aliphatic heterocycles. The molecule has 1 saturated heterocycles. The molecular weight excluding hydrogens is 308 g/mol. The lowest BCUT2D eigenvalue weighted by Crippen LogP contribution is -2.45. The van der Waals surface area contributed by atoms with Gasteiger partial charge in [-0.3, -0.25) is 9.59 Å². The third-order valence-corrected chi connectivity index (χ3v) is 3.83. The van der Waals surface area contributed by atoms with Gasteiger partial charge in [0, 0.05) is 38.1 Å². The number of carbonyl (C=O) groups is 2. The number of rotatable bonds is 5. The Morgan fingerprint density at radius 1 is 1.25 bits per heavy atom. The number of piperazine rings is 1. The van der Waals surface area contributed by atoms with Gasteiger partial charge in [-0.2, -0.15) is 5.26 Å². The number of hydrogen-bond donors (Lipinski definition) is 2. The maximum atomic E-state index is 11.9. The minimum Gasteiger partial charge on any atom is -0.480 e. The maximum Gasteiger partial charge on any atom is 0.325 e. The van der Waals surface area contributed by atoms with E-state index in [4.69, 9.17) is 10.4 Å². The summed E-state index contributed by atoms with van der Waals surface area (Å²) >= 11 is 0. The summed E-state index contributed by atoms with van der Waals surface area (Å²) in [4.78, 5) is 26.9. The lowest BCUT2D eigenvalue weighted by molar-refractivity contribution is -0.140. The summed E-state index contributed by atoms with van der Waals surface area (Å²) in [6.07, 6.45) is 1.51. The monoisotopic (exact) mass is 328 g/mol. The first-order valence-electron chi connectivity index (χ1n) is 7.71. The van der Waals surface area contributed by atoms with Crippen LogP contribution in [0.4, 0.5) is 5.69 Å². The molecule has 1 heterocycles. The van der Waals surface area contributed by atoms with Gasteiger partial charge < -0.3 is 20.2 Å². The fourth-order valence-corrected chi connectivity index (χ4v) is 2.41. The van der Waals surface area contributed by atoms with E-state index in [2.05, 4.69) is 10.2 Å². The van der Waals surface area contributed by atoms with Crippen LogP contribution >= 0.6 is 0 Å². The molecule has 1 aliphatic rings. The van der Waals surface area contributed by atoms with Crippen LogP contribution < -0.4 is 10.2 Å². The van der Waals surface area contributed by atoms with Crippen LogP contribution in [-0.4, -0.2) is 54.1 Å². The van der Waals surface area contributed by atoms with Crippen molar-refractivity contribution in [2.75, 3.05) is 31.1 Å². The second-order valence-corrected chi connectivity index (χ2v) is 5.55. The molecule has 7 heteroatoms. The molecule has 1 aromatic carbocycles. The molecule has 24 heavy (non-hydrogen) atoms. The molecule has 1 fully saturated rings. The van der Waals surface area contributed by atoms with Gasteiger partial charge in [0.25, 0.3) is 5.91 Å². The van der Waals surface area contributed by atoms with Gasteiger partial charge in [0.15, 0.2) is 0 Å². The molecule has 7 nitrogen and oxygen atoms in total. The molecule has 2 N–H and O–H groups in total. The Morgan fingerprint density at radius 2 is 1.88 bits per heavy atom. The molecule has 0 radical (unpaired) electrons. The second kappa shape index (κ2) is 8.02. The van der Waals surface area contributed by atoms with Gasteiger partial charge in [-0.15, -0.1) is 0 Å². The summed E-state index contributed by atoms with van der Waals surface area (Å²) in [5, 5.41) is 20.2. The fourth-order valence-electron chi connectivity index (χ4n) is 2.41. The number of aliphatic carboxylic acids is 1. The highest BCUT2D eigenvalue weighted by molar-refractivity contribution is 5.99. The number of nitrogens with zero attached hydrogens (tertiary/aromatic N) is 3. The molecule has 0 spiro atoms. The number of nitriles is 1. The predicted octanol–water partition coefficient (Wildman–Crippen LogP) is 0.805. The highest BCUT2D eigenvalue weighted by atomic mass is 16.4. The Bertz CT molecular complexity index is 658. The Kier molecular flexibility index (Phi) is 5.79. The predicted molar refractivity (Wildman–Crippen MR) is 89.2 cm³/mol. The van der Waals surface area contributed by atoms with Crippen molar-refractivity contribution in [3.05, 3.63) is 42.1 Å². The van der Waals surface area contributed by atoms with E-state index in [1.807, 2.05) is 41.3 Å². The summed E-state index contributed by atoms with van der Waals surface area (Å²) in [5.74, 6) is -1.81. The van der Waals surface area contributed by atoms with Crippen LogP contribution in [0.1, 0.15) is 6.92 Å². The summed E-state index contributed by atoms with van der Waals surface area (Å²) in [6, 6.07) is 10.8. The molecule has 0 saturated carbocycles. The van der Waals surface area contributed by atoms with Crippen LogP contribution in [0.3, 0.4) is 0 Å². The van der Waals surface area contributed by atoms with Crippen LogP contribution in [0.25, 0.3) is 0 Å². The summed E-state index contributed by atoms with van der Waals surface area (Å²) in [6.45, 7) is 4.29. The molecule has 1 aromatic rings. The van der Waals surface area contributed by atoms with Gasteiger partial charge in [0.2, 0.25) is 0 Å². The zero-order valence-corrected chi connectivity index (χ0v) is 13.5. The van der Waals surface area contributed by atoms with E-state index in [1.165, 1.54) is 13.1 Å². The van der Waals surface area contributed by atoms with Crippen LogP contribution in [0.5, 0.6) is 0 Å². The molecule has 1 unspecified atom stereocenters. The van der Waals surface area contributed by atoms with E-state index in [0.717, 1.165) is 18.8 Å². The van der Waals surface area contributed by atoms with Crippen molar-refractivity contribution in [3.8, 4) is 6.07 Å². The normalized spacial score (nSPS) is 16.2. The average molecular weight is 328 g/mol. The first-order chi connectivity index (χ1) is 11.5. The largest absolute Gasteiger partial charge is 0.480 e. The van der Waals surface area contributed by atoms with E-state index in [9.17, 15) is 9.59 Å².